The molecule has 0 radical (unpaired) electrons. The summed E-state index contributed by atoms with van der Waals surface area (Å²) in [5, 5.41) is 18.0. The van der Waals surface area contributed by atoms with Gasteiger partial charge in [-0.05, 0) is 24.1 Å². The molecule has 0 saturated heterocycles. The molecule has 0 heterocycles. The Labute approximate surface area is 66.1 Å². The van der Waals surface area contributed by atoms with Gasteiger partial charge in [0.15, 0.2) is 11.5 Å². The lowest BCUT2D eigenvalue weighted by molar-refractivity contribution is 0.403. The molecule has 60 valence electrons. The van der Waals surface area contributed by atoms with E-state index in [1.807, 2.05) is 6.07 Å². The third-order valence-corrected chi connectivity index (χ3v) is 1.58. The summed E-state index contributed by atoms with van der Waals surface area (Å²) in [5.41, 5.74) is 1.06. The van der Waals surface area contributed by atoms with Crippen molar-refractivity contribution in [3.05, 3.63) is 23.8 Å². The minimum Gasteiger partial charge on any atom is -0.504 e. The van der Waals surface area contributed by atoms with Crippen LogP contribution in [-0.4, -0.2) is 10.2 Å². The Morgan fingerprint density at radius 3 is 2.45 bits per heavy atom. The van der Waals surface area contributed by atoms with Crippen LogP contribution in [0.4, 0.5) is 0 Å². The first kappa shape index (κ1) is 7.92. The first-order chi connectivity index (χ1) is 5.24. The van der Waals surface area contributed by atoms with Crippen molar-refractivity contribution in [2.45, 2.75) is 19.8 Å². The molecule has 0 spiro atoms. The van der Waals surface area contributed by atoms with Crippen LogP contribution in [-0.2, 0) is 6.42 Å². The summed E-state index contributed by atoms with van der Waals surface area (Å²) in [5.74, 6) is -0.0826. The molecule has 0 aromatic heterocycles. The van der Waals surface area contributed by atoms with E-state index in [1.165, 1.54) is 6.07 Å². The second-order valence-corrected chi connectivity index (χ2v) is 2.57. The fourth-order valence-corrected chi connectivity index (χ4v) is 1.01. The molecule has 2 heteroatoms. The van der Waals surface area contributed by atoms with Gasteiger partial charge < -0.3 is 10.2 Å². The van der Waals surface area contributed by atoms with Crippen LogP contribution >= 0.6 is 0 Å². The maximum Gasteiger partial charge on any atom is 0.157 e. The van der Waals surface area contributed by atoms with E-state index in [4.69, 9.17) is 10.2 Å². The minimum atomic E-state index is -0.0511. The van der Waals surface area contributed by atoms with Crippen molar-refractivity contribution in [3.63, 3.8) is 0 Å². The van der Waals surface area contributed by atoms with Crippen LogP contribution < -0.4 is 0 Å². The zero-order valence-corrected chi connectivity index (χ0v) is 6.54. The van der Waals surface area contributed by atoms with Crippen molar-refractivity contribution in [2.75, 3.05) is 0 Å². The topological polar surface area (TPSA) is 40.5 Å². The highest BCUT2D eigenvalue weighted by molar-refractivity contribution is 5.40. The van der Waals surface area contributed by atoms with E-state index in [-0.39, 0.29) is 11.5 Å². The van der Waals surface area contributed by atoms with Crippen LogP contribution in [0.3, 0.4) is 0 Å². The third kappa shape index (κ3) is 1.87. The Bertz CT molecular complexity index is 243. The number of rotatable bonds is 2. The summed E-state index contributed by atoms with van der Waals surface area (Å²) in [4.78, 5) is 0. The van der Waals surface area contributed by atoms with Crippen molar-refractivity contribution < 1.29 is 10.2 Å². The predicted octanol–water partition coefficient (Wildman–Crippen LogP) is 2.05. The van der Waals surface area contributed by atoms with Gasteiger partial charge >= 0.3 is 0 Å². The van der Waals surface area contributed by atoms with E-state index in [1.54, 1.807) is 6.07 Å². The average Bonchev–Trinajstić information content (AvgIpc) is 1.98. The SMILES string of the molecule is CCCc1ccc(O)c(O)c1. The largest absolute Gasteiger partial charge is 0.504 e. The third-order valence-electron chi connectivity index (χ3n) is 1.58. The predicted molar refractivity (Wildman–Crippen MR) is 43.8 cm³/mol. The van der Waals surface area contributed by atoms with E-state index in [2.05, 4.69) is 6.92 Å². The zero-order chi connectivity index (χ0) is 8.27. The molecule has 1 aromatic carbocycles. The van der Waals surface area contributed by atoms with Gasteiger partial charge in [-0.3, -0.25) is 0 Å². The van der Waals surface area contributed by atoms with Crippen LogP contribution in [0.15, 0.2) is 18.2 Å². The van der Waals surface area contributed by atoms with Gasteiger partial charge in [0, 0.05) is 0 Å². The van der Waals surface area contributed by atoms with E-state index < -0.39 is 0 Å². The smallest absolute Gasteiger partial charge is 0.157 e. The molecule has 0 unspecified atom stereocenters. The van der Waals surface area contributed by atoms with Crippen LogP contribution in [0, 0.1) is 0 Å². The quantitative estimate of drug-likeness (QED) is 0.637. The summed E-state index contributed by atoms with van der Waals surface area (Å²) in [7, 11) is 0. The van der Waals surface area contributed by atoms with Crippen LogP contribution in [0.2, 0.25) is 0 Å². The van der Waals surface area contributed by atoms with Gasteiger partial charge in [0.25, 0.3) is 0 Å². The summed E-state index contributed by atoms with van der Waals surface area (Å²) in [6.07, 6.45) is 1.98. The molecule has 0 saturated carbocycles. The fourth-order valence-electron chi connectivity index (χ4n) is 1.01. The van der Waals surface area contributed by atoms with E-state index >= 15 is 0 Å². The molecule has 11 heavy (non-hydrogen) atoms. The second kappa shape index (κ2) is 3.28. The molecule has 1 rings (SSSR count). The number of hydrogen-bond acceptors (Lipinski definition) is 2. The average molecular weight is 152 g/mol. The Morgan fingerprint density at radius 2 is 1.91 bits per heavy atom. The number of phenolic OH excluding ortho intramolecular Hbond substituents is 2. The second-order valence-electron chi connectivity index (χ2n) is 2.57. The van der Waals surface area contributed by atoms with Crippen molar-refractivity contribution in [3.8, 4) is 11.5 Å². The molecule has 0 bridgehead atoms. The molecule has 0 aliphatic heterocycles. The zero-order valence-electron chi connectivity index (χ0n) is 6.54. The summed E-state index contributed by atoms with van der Waals surface area (Å²) in [6.45, 7) is 2.07. The summed E-state index contributed by atoms with van der Waals surface area (Å²) < 4.78 is 0. The number of benzene rings is 1. The molecule has 1 aromatic rings. The highest BCUT2D eigenvalue weighted by atomic mass is 16.3. The van der Waals surface area contributed by atoms with Crippen LogP contribution in [0.1, 0.15) is 18.9 Å². The minimum absolute atomic E-state index is 0.0315. The Kier molecular flexibility index (Phi) is 2.36. The maximum atomic E-state index is 9.08. The first-order valence-electron chi connectivity index (χ1n) is 3.75. The van der Waals surface area contributed by atoms with Crippen LogP contribution in [0.5, 0.6) is 11.5 Å². The summed E-state index contributed by atoms with van der Waals surface area (Å²) in [6, 6.07) is 4.93. The van der Waals surface area contributed by atoms with Gasteiger partial charge in [-0.2, -0.15) is 0 Å². The van der Waals surface area contributed by atoms with Gasteiger partial charge in [-0.25, -0.2) is 0 Å². The number of aryl methyl sites for hydroxylation is 1. The molecule has 0 fully saturated rings. The van der Waals surface area contributed by atoms with Gasteiger partial charge in [-0.15, -0.1) is 0 Å². The Hall–Kier alpha value is -1.18. The molecule has 0 aliphatic rings. The van der Waals surface area contributed by atoms with Crippen molar-refractivity contribution in [2.24, 2.45) is 0 Å². The normalized spacial score (nSPS) is 9.91. The molecule has 0 amide bonds. The Morgan fingerprint density at radius 1 is 1.18 bits per heavy atom. The van der Waals surface area contributed by atoms with Gasteiger partial charge in [0.2, 0.25) is 0 Å². The van der Waals surface area contributed by atoms with E-state index in [0.29, 0.717) is 0 Å². The highest BCUT2D eigenvalue weighted by Crippen LogP contribution is 2.25. The molecule has 0 atom stereocenters. The first-order valence-corrected chi connectivity index (χ1v) is 3.75. The Balaban J connectivity index is 2.86. The lowest BCUT2D eigenvalue weighted by Crippen LogP contribution is -1.81. The van der Waals surface area contributed by atoms with Gasteiger partial charge in [-0.1, -0.05) is 19.4 Å². The summed E-state index contributed by atoms with van der Waals surface area (Å²) >= 11 is 0. The molecular formula is C9H12O2. The van der Waals surface area contributed by atoms with Crippen molar-refractivity contribution >= 4 is 0 Å². The van der Waals surface area contributed by atoms with Gasteiger partial charge in [0.1, 0.15) is 0 Å². The monoisotopic (exact) mass is 152 g/mol. The number of aromatic hydroxyl groups is 2. The fraction of sp³-hybridized carbons (Fsp3) is 0.333. The highest BCUT2D eigenvalue weighted by Gasteiger charge is 1.98. The number of phenols is 2. The van der Waals surface area contributed by atoms with Crippen LogP contribution in [0.25, 0.3) is 0 Å². The van der Waals surface area contributed by atoms with Crippen molar-refractivity contribution in [1.82, 2.24) is 0 Å². The molecular weight excluding hydrogens is 140 g/mol. The van der Waals surface area contributed by atoms with Crippen molar-refractivity contribution in [1.29, 1.82) is 0 Å². The van der Waals surface area contributed by atoms with Gasteiger partial charge in [0.05, 0.1) is 0 Å². The molecule has 2 nitrogen and oxygen atoms in total. The maximum absolute atomic E-state index is 9.08. The van der Waals surface area contributed by atoms with E-state index in [0.717, 1.165) is 18.4 Å². The standard InChI is InChI=1S/C9H12O2/c1-2-3-7-4-5-8(10)9(11)6-7/h4-6,10-11H,2-3H2,1H3. The molecule has 2 N–H and O–H groups in total. The lowest BCUT2D eigenvalue weighted by Gasteiger charge is -2.00. The molecule has 0 aliphatic carbocycles. The number of hydrogen-bond donors (Lipinski definition) is 2. The van der Waals surface area contributed by atoms with E-state index in [9.17, 15) is 0 Å². The lowest BCUT2D eigenvalue weighted by atomic mass is 10.1.